The Kier molecular flexibility index (Phi) is 10.8. The molecule has 1 aromatic carbocycles. The Morgan fingerprint density at radius 3 is 2.41 bits per heavy atom. The average molecular weight is 569 g/mol. The smallest absolute Gasteiger partial charge is 0.326 e. The van der Waals surface area contributed by atoms with Crippen molar-refractivity contribution in [2.24, 2.45) is 22.2 Å². The number of nitrogens with zero attached hydrogens (tertiary/aromatic N) is 2. The van der Waals surface area contributed by atoms with E-state index in [9.17, 15) is 24.3 Å². The lowest BCUT2D eigenvalue weighted by Crippen LogP contribution is -2.57. The molecule has 2 aromatic heterocycles. The maximum Gasteiger partial charge on any atom is 0.326 e. The van der Waals surface area contributed by atoms with Gasteiger partial charge in [0.1, 0.15) is 18.1 Å². The molecule has 3 aromatic rings. The third kappa shape index (κ3) is 9.06. The van der Waals surface area contributed by atoms with Crippen molar-refractivity contribution in [1.82, 2.24) is 30.9 Å². The number of hydrogen-bond donors (Lipinski definition) is 9. The number of nitrogens with two attached hydrogens (primary N) is 3. The molecule has 41 heavy (non-hydrogen) atoms. The zero-order valence-corrected chi connectivity index (χ0v) is 22.6. The first-order valence-corrected chi connectivity index (χ1v) is 13.0. The van der Waals surface area contributed by atoms with E-state index in [2.05, 4.69) is 35.9 Å². The molecule has 0 bridgehead atoms. The number of nitrogens with one attached hydrogen (secondary N) is 5. The van der Waals surface area contributed by atoms with Crippen LogP contribution in [0, 0.1) is 0 Å². The summed E-state index contributed by atoms with van der Waals surface area (Å²) in [5, 5.41) is 18.4. The zero-order chi connectivity index (χ0) is 29.9. The standard InChI is InChI=1S/C26H36N10O5/c1-14(34-23(38)18(27)6-4-8-31-26(28)29)22(37)35-20(10-16-12-30-13-33-16)24(39)36-21(25(40)41)9-15-11-32-19-7-3-2-5-17(15)19/h2-3,5,7,11-14,18,20-21,32H,4,6,8-10,27H2,1H3,(H,30,33)(H,34,38)(H,35,37)(H,36,39)(H,40,41)(H4,28,29,31). The fourth-order valence-electron chi connectivity index (χ4n) is 4.15. The van der Waals surface area contributed by atoms with E-state index in [1.54, 1.807) is 6.20 Å². The number of para-hydroxylation sites is 1. The number of aromatic nitrogens is 3. The quantitative estimate of drug-likeness (QED) is 0.0593. The second-order valence-corrected chi connectivity index (χ2v) is 9.59. The summed E-state index contributed by atoms with van der Waals surface area (Å²) in [4.78, 5) is 64.5. The molecule has 4 atom stereocenters. The van der Waals surface area contributed by atoms with Crippen molar-refractivity contribution in [3.8, 4) is 0 Å². The summed E-state index contributed by atoms with van der Waals surface area (Å²) in [7, 11) is 0. The first-order chi connectivity index (χ1) is 19.5. The molecule has 0 saturated carbocycles. The number of guanidine groups is 1. The van der Waals surface area contributed by atoms with E-state index in [-0.39, 0.29) is 25.2 Å². The molecule has 0 fully saturated rings. The van der Waals surface area contributed by atoms with Crippen LogP contribution in [0.25, 0.3) is 10.9 Å². The molecule has 0 aliphatic rings. The van der Waals surface area contributed by atoms with Crippen LogP contribution in [0.4, 0.5) is 0 Å². The highest BCUT2D eigenvalue weighted by Crippen LogP contribution is 2.19. The van der Waals surface area contributed by atoms with Gasteiger partial charge in [0, 0.05) is 48.4 Å². The van der Waals surface area contributed by atoms with E-state index < -0.39 is 47.9 Å². The van der Waals surface area contributed by atoms with Crippen LogP contribution in [0.15, 0.2) is 48.0 Å². The van der Waals surface area contributed by atoms with Crippen molar-refractivity contribution >= 4 is 40.6 Å². The van der Waals surface area contributed by atoms with Crippen molar-refractivity contribution < 1.29 is 24.3 Å². The molecule has 0 aliphatic heterocycles. The molecule has 0 spiro atoms. The predicted molar refractivity (Wildman–Crippen MR) is 151 cm³/mol. The Morgan fingerprint density at radius 1 is 1.00 bits per heavy atom. The van der Waals surface area contributed by atoms with Gasteiger partial charge in [-0.3, -0.25) is 19.4 Å². The summed E-state index contributed by atoms with van der Waals surface area (Å²) >= 11 is 0. The molecule has 0 radical (unpaired) electrons. The molecule has 15 heteroatoms. The van der Waals surface area contributed by atoms with Gasteiger partial charge in [-0.25, -0.2) is 9.78 Å². The van der Waals surface area contributed by atoms with Gasteiger partial charge in [0.15, 0.2) is 5.96 Å². The summed E-state index contributed by atoms with van der Waals surface area (Å²) < 4.78 is 0. The van der Waals surface area contributed by atoms with E-state index in [1.807, 2.05) is 24.3 Å². The third-order valence-corrected chi connectivity index (χ3v) is 6.38. The van der Waals surface area contributed by atoms with E-state index >= 15 is 0 Å². The molecule has 4 unspecified atom stereocenters. The molecule has 15 nitrogen and oxygen atoms in total. The van der Waals surface area contributed by atoms with Gasteiger partial charge in [0.05, 0.1) is 12.4 Å². The highest BCUT2D eigenvalue weighted by atomic mass is 16.4. The number of imidazole rings is 1. The maximum absolute atomic E-state index is 13.3. The number of aromatic amines is 2. The zero-order valence-electron chi connectivity index (χ0n) is 22.6. The molecule has 0 saturated heterocycles. The van der Waals surface area contributed by atoms with Crippen LogP contribution in [-0.2, 0) is 32.0 Å². The van der Waals surface area contributed by atoms with Gasteiger partial charge in [0.2, 0.25) is 17.7 Å². The Hall–Kier alpha value is -4.92. The highest BCUT2D eigenvalue weighted by Gasteiger charge is 2.30. The first-order valence-electron chi connectivity index (χ1n) is 13.0. The predicted octanol–water partition coefficient (Wildman–Crippen LogP) is -1.38. The Bertz CT molecular complexity index is 1370. The number of rotatable bonds is 15. The fraction of sp³-hybridized carbons (Fsp3) is 0.385. The van der Waals surface area contributed by atoms with Crippen molar-refractivity contribution in [2.45, 2.75) is 56.8 Å². The van der Waals surface area contributed by atoms with Crippen LogP contribution in [0.5, 0.6) is 0 Å². The van der Waals surface area contributed by atoms with Crippen LogP contribution < -0.4 is 33.2 Å². The lowest BCUT2D eigenvalue weighted by molar-refractivity contribution is -0.142. The van der Waals surface area contributed by atoms with E-state index in [0.29, 0.717) is 24.2 Å². The number of amides is 3. The largest absolute Gasteiger partial charge is 0.480 e. The third-order valence-electron chi connectivity index (χ3n) is 6.38. The minimum absolute atomic E-state index is 0.00195. The summed E-state index contributed by atoms with van der Waals surface area (Å²) in [6, 6.07) is 3.04. The molecular formula is C26H36N10O5. The summed E-state index contributed by atoms with van der Waals surface area (Å²) in [5.41, 5.74) is 18.5. The van der Waals surface area contributed by atoms with Crippen LogP contribution >= 0.6 is 0 Å². The van der Waals surface area contributed by atoms with Gasteiger partial charge in [-0.1, -0.05) is 18.2 Å². The second-order valence-electron chi connectivity index (χ2n) is 9.59. The van der Waals surface area contributed by atoms with Crippen LogP contribution in [-0.4, -0.2) is 80.4 Å². The number of benzene rings is 1. The number of carbonyl (C=O) groups excluding carboxylic acids is 3. The number of fused-ring (bicyclic) bond motifs is 1. The van der Waals surface area contributed by atoms with Gasteiger partial charge in [-0.05, 0) is 31.4 Å². The lowest BCUT2D eigenvalue weighted by atomic mass is 10.0. The fourth-order valence-corrected chi connectivity index (χ4v) is 4.15. The van der Waals surface area contributed by atoms with Gasteiger partial charge in [0.25, 0.3) is 0 Å². The molecule has 12 N–H and O–H groups in total. The molecule has 0 aliphatic carbocycles. The van der Waals surface area contributed by atoms with Crippen molar-refractivity contribution in [3.05, 3.63) is 54.2 Å². The monoisotopic (exact) mass is 568 g/mol. The molecular weight excluding hydrogens is 532 g/mol. The summed E-state index contributed by atoms with van der Waals surface area (Å²) in [6.45, 7) is 1.75. The Morgan fingerprint density at radius 2 is 1.73 bits per heavy atom. The summed E-state index contributed by atoms with van der Waals surface area (Å²) in [5.74, 6) is -3.22. The maximum atomic E-state index is 13.3. The van der Waals surface area contributed by atoms with E-state index in [1.165, 1.54) is 19.4 Å². The van der Waals surface area contributed by atoms with Crippen molar-refractivity contribution in [3.63, 3.8) is 0 Å². The number of hydrogen-bond acceptors (Lipinski definition) is 7. The van der Waals surface area contributed by atoms with Gasteiger partial charge >= 0.3 is 5.97 Å². The van der Waals surface area contributed by atoms with E-state index in [0.717, 1.165) is 10.9 Å². The average Bonchev–Trinajstić information content (AvgIpc) is 3.60. The topological polar surface area (TPSA) is 259 Å². The van der Waals surface area contributed by atoms with Gasteiger partial charge < -0.3 is 48.2 Å². The van der Waals surface area contributed by atoms with Gasteiger partial charge in [-0.2, -0.15) is 0 Å². The van der Waals surface area contributed by atoms with Crippen LogP contribution in [0.3, 0.4) is 0 Å². The van der Waals surface area contributed by atoms with Crippen molar-refractivity contribution in [2.75, 3.05) is 6.54 Å². The minimum Gasteiger partial charge on any atom is -0.480 e. The first kappa shape index (κ1) is 30.6. The normalized spacial score (nSPS) is 13.9. The number of carbonyl (C=O) groups is 4. The van der Waals surface area contributed by atoms with E-state index in [4.69, 9.17) is 17.2 Å². The Balaban J connectivity index is 1.65. The minimum atomic E-state index is -1.27. The van der Waals surface area contributed by atoms with Gasteiger partial charge in [-0.15, -0.1) is 0 Å². The van der Waals surface area contributed by atoms with Crippen molar-refractivity contribution in [1.29, 1.82) is 0 Å². The molecule has 220 valence electrons. The lowest BCUT2D eigenvalue weighted by Gasteiger charge is -2.23. The number of aliphatic imine (C=N–C) groups is 1. The van der Waals surface area contributed by atoms with Crippen LogP contribution in [0.2, 0.25) is 0 Å². The SMILES string of the molecule is CC(NC(=O)C(N)CCCN=C(N)N)C(=O)NC(Cc1cnc[nH]1)C(=O)NC(Cc1c[nH]c2ccccc12)C(=O)O. The molecule has 3 amide bonds. The second kappa shape index (κ2) is 14.5. The highest BCUT2D eigenvalue weighted by molar-refractivity contribution is 5.94. The summed E-state index contributed by atoms with van der Waals surface area (Å²) in [6.07, 6.45) is 5.37. The number of aliphatic carboxylic acids is 1. The number of carboxylic acid groups (broad SMARTS) is 1. The number of H-pyrrole nitrogens is 2. The Labute approximate surface area is 235 Å². The number of carboxylic acids is 1. The molecule has 3 rings (SSSR count). The molecule has 2 heterocycles. The van der Waals surface area contributed by atoms with Crippen LogP contribution in [0.1, 0.15) is 31.0 Å².